The maximum Gasteiger partial charge on any atom is 0.118 e. The first kappa shape index (κ1) is 30.8. The molecular weight excluding hydrogens is 470 g/mol. The molecule has 0 radical (unpaired) electrons. The number of methoxy groups -OCH3 is 1. The standard InChI is InChI=1S/C29H53N3OS2/c1-8-9-20-34-28(3,4)23-30-16-17-31-27(21-32-18-14-24(2)15-19-32)29(5,6)35-22-25-10-12-26(33-7)13-11-25/h10-13,24,27,30-31H,8-9,14-23H2,1-7H3. The quantitative estimate of drug-likeness (QED) is 0.233. The van der Waals surface area contributed by atoms with Gasteiger partial charge in [0.15, 0.2) is 0 Å². The predicted octanol–water partition coefficient (Wildman–Crippen LogP) is 6.30. The smallest absolute Gasteiger partial charge is 0.118 e. The van der Waals surface area contributed by atoms with Crippen LogP contribution < -0.4 is 15.4 Å². The zero-order chi connectivity index (χ0) is 25.7. The first-order valence-corrected chi connectivity index (χ1v) is 15.7. The molecule has 0 amide bonds. The molecule has 1 atom stereocenters. The maximum atomic E-state index is 5.32. The van der Waals surface area contributed by atoms with E-state index < -0.39 is 0 Å². The highest BCUT2D eigenvalue weighted by Crippen LogP contribution is 2.33. The highest BCUT2D eigenvalue weighted by molar-refractivity contribution is 8.00. The molecule has 1 aliphatic rings. The lowest BCUT2D eigenvalue weighted by Gasteiger charge is -2.40. The number of benzene rings is 1. The zero-order valence-electron chi connectivity index (χ0n) is 23.6. The highest BCUT2D eigenvalue weighted by atomic mass is 32.2. The number of likely N-dealkylation sites (tertiary alicyclic amines) is 1. The average molecular weight is 524 g/mol. The molecule has 1 aromatic rings. The second-order valence-electron chi connectivity index (χ2n) is 11.4. The normalized spacial score (nSPS) is 17.0. The molecule has 1 unspecified atom stereocenters. The zero-order valence-corrected chi connectivity index (χ0v) is 25.3. The number of ether oxygens (including phenoxy) is 1. The molecule has 2 rings (SSSR count). The van der Waals surface area contributed by atoms with Crippen molar-refractivity contribution in [3.8, 4) is 5.75 Å². The van der Waals surface area contributed by atoms with Crippen molar-refractivity contribution in [2.24, 2.45) is 5.92 Å². The Kier molecular flexibility index (Phi) is 13.9. The van der Waals surface area contributed by atoms with Gasteiger partial charge in [-0.1, -0.05) is 32.4 Å². The van der Waals surface area contributed by atoms with Crippen molar-refractivity contribution in [3.05, 3.63) is 29.8 Å². The Morgan fingerprint density at radius 2 is 1.74 bits per heavy atom. The fraction of sp³-hybridized carbons (Fsp3) is 0.793. The molecule has 4 nitrogen and oxygen atoms in total. The summed E-state index contributed by atoms with van der Waals surface area (Å²) in [4.78, 5) is 2.69. The van der Waals surface area contributed by atoms with Gasteiger partial charge >= 0.3 is 0 Å². The summed E-state index contributed by atoms with van der Waals surface area (Å²) < 4.78 is 5.76. The van der Waals surface area contributed by atoms with E-state index in [2.05, 4.69) is 105 Å². The van der Waals surface area contributed by atoms with E-state index in [-0.39, 0.29) is 4.75 Å². The fourth-order valence-electron chi connectivity index (χ4n) is 4.39. The number of rotatable bonds is 17. The van der Waals surface area contributed by atoms with Crippen molar-refractivity contribution < 1.29 is 4.74 Å². The van der Waals surface area contributed by atoms with Gasteiger partial charge in [0, 0.05) is 47.5 Å². The molecular formula is C29H53N3OS2. The number of nitrogens with one attached hydrogen (secondary N) is 2. The number of thioether (sulfide) groups is 2. The minimum atomic E-state index is 0.137. The number of nitrogens with zero attached hydrogens (tertiary/aromatic N) is 1. The lowest BCUT2D eigenvalue weighted by molar-refractivity contribution is 0.166. The summed E-state index contributed by atoms with van der Waals surface area (Å²) in [6.45, 7) is 21.0. The van der Waals surface area contributed by atoms with Gasteiger partial charge in [0.2, 0.25) is 0 Å². The molecule has 0 spiro atoms. The maximum absolute atomic E-state index is 5.32. The van der Waals surface area contributed by atoms with Gasteiger partial charge in [0.1, 0.15) is 5.75 Å². The molecule has 1 fully saturated rings. The van der Waals surface area contributed by atoms with E-state index >= 15 is 0 Å². The first-order chi connectivity index (χ1) is 16.6. The molecule has 0 aliphatic carbocycles. The Balaban J connectivity index is 1.88. The number of hydrogen-bond donors (Lipinski definition) is 2. The van der Waals surface area contributed by atoms with E-state index in [9.17, 15) is 0 Å². The molecule has 1 aromatic carbocycles. The van der Waals surface area contributed by atoms with Gasteiger partial charge in [-0.3, -0.25) is 0 Å². The van der Waals surface area contributed by atoms with E-state index in [1.165, 1.54) is 50.1 Å². The third-order valence-electron chi connectivity index (χ3n) is 7.16. The van der Waals surface area contributed by atoms with Crippen molar-refractivity contribution in [2.75, 3.05) is 52.1 Å². The van der Waals surface area contributed by atoms with Crippen molar-refractivity contribution in [1.82, 2.24) is 15.5 Å². The Hall–Kier alpha value is -0.400. The van der Waals surface area contributed by atoms with E-state index in [4.69, 9.17) is 4.74 Å². The van der Waals surface area contributed by atoms with Gasteiger partial charge in [-0.2, -0.15) is 11.8 Å². The minimum absolute atomic E-state index is 0.137. The molecule has 35 heavy (non-hydrogen) atoms. The van der Waals surface area contributed by atoms with Gasteiger partial charge in [-0.25, -0.2) is 0 Å². The van der Waals surface area contributed by atoms with Crippen molar-refractivity contribution >= 4 is 23.5 Å². The van der Waals surface area contributed by atoms with Crippen LogP contribution in [0.5, 0.6) is 5.75 Å². The predicted molar refractivity (Wildman–Crippen MR) is 159 cm³/mol. The number of hydrogen-bond acceptors (Lipinski definition) is 6. The van der Waals surface area contributed by atoms with Crippen LogP contribution >= 0.6 is 23.5 Å². The topological polar surface area (TPSA) is 36.5 Å². The Bertz CT molecular complexity index is 688. The SMILES string of the molecule is CCCCSC(C)(C)CNCCNC(CN1CCC(C)CC1)C(C)(C)SCc1ccc(OC)cc1. The van der Waals surface area contributed by atoms with Crippen LogP contribution in [0.15, 0.2) is 24.3 Å². The van der Waals surface area contributed by atoms with Crippen molar-refractivity contribution in [1.29, 1.82) is 0 Å². The first-order valence-electron chi connectivity index (χ1n) is 13.7. The summed E-state index contributed by atoms with van der Waals surface area (Å²) in [6, 6.07) is 8.98. The summed E-state index contributed by atoms with van der Waals surface area (Å²) in [7, 11) is 1.73. The second-order valence-corrected chi connectivity index (χ2v) is 14.8. The minimum Gasteiger partial charge on any atom is -0.497 e. The molecule has 6 heteroatoms. The van der Waals surface area contributed by atoms with Crippen LogP contribution in [-0.2, 0) is 5.75 Å². The van der Waals surface area contributed by atoms with Gasteiger partial charge in [0.05, 0.1) is 7.11 Å². The summed E-state index contributed by atoms with van der Waals surface area (Å²) in [5.41, 5.74) is 1.36. The summed E-state index contributed by atoms with van der Waals surface area (Å²) in [6.07, 6.45) is 5.26. The van der Waals surface area contributed by atoms with E-state index in [0.29, 0.717) is 10.8 Å². The van der Waals surface area contributed by atoms with Crippen LogP contribution in [0.3, 0.4) is 0 Å². The number of unbranched alkanes of at least 4 members (excludes halogenated alkanes) is 1. The Labute approximate surface area is 225 Å². The van der Waals surface area contributed by atoms with Gasteiger partial charge < -0.3 is 20.3 Å². The number of piperidine rings is 1. The van der Waals surface area contributed by atoms with Crippen LogP contribution in [0.25, 0.3) is 0 Å². The van der Waals surface area contributed by atoms with Crippen molar-refractivity contribution in [3.63, 3.8) is 0 Å². The molecule has 1 aliphatic heterocycles. The Morgan fingerprint density at radius 1 is 1.06 bits per heavy atom. The van der Waals surface area contributed by atoms with Crippen LogP contribution in [0.1, 0.15) is 72.8 Å². The molecule has 202 valence electrons. The van der Waals surface area contributed by atoms with Crippen LogP contribution in [-0.4, -0.2) is 72.6 Å². The summed E-state index contributed by atoms with van der Waals surface area (Å²) in [5.74, 6) is 4.09. The second kappa shape index (κ2) is 15.8. The summed E-state index contributed by atoms with van der Waals surface area (Å²) in [5, 5.41) is 7.68. The summed E-state index contributed by atoms with van der Waals surface area (Å²) >= 11 is 4.17. The van der Waals surface area contributed by atoms with Gasteiger partial charge in [0.25, 0.3) is 0 Å². The third-order valence-corrected chi connectivity index (χ3v) is 10.1. The largest absolute Gasteiger partial charge is 0.497 e. The lowest BCUT2D eigenvalue weighted by Crippen LogP contribution is -2.54. The van der Waals surface area contributed by atoms with Crippen LogP contribution in [0.2, 0.25) is 0 Å². The molecule has 2 N–H and O–H groups in total. The molecule has 0 bridgehead atoms. The van der Waals surface area contributed by atoms with Crippen molar-refractivity contribution in [2.45, 2.75) is 88.5 Å². The van der Waals surface area contributed by atoms with Gasteiger partial charge in [-0.15, -0.1) is 11.8 Å². The van der Waals surface area contributed by atoms with Crippen LogP contribution in [0, 0.1) is 5.92 Å². The van der Waals surface area contributed by atoms with E-state index in [1.54, 1.807) is 7.11 Å². The molecule has 1 saturated heterocycles. The monoisotopic (exact) mass is 523 g/mol. The molecule has 0 aromatic heterocycles. The highest BCUT2D eigenvalue weighted by Gasteiger charge is 2.32. The van der Waals surface area contributed by atoms with E-state index in [0.717, 1.165) is 43.6 Å². The molecule has 0 saturated carbocycles. The average Bonchev–Trinajstić information content (AvgIpc) is 2.83. The third kappa shape index (κ3) is 12.1. The van der Waals surface area contributed by atoms with Gasteiger partial charge in [-0.05, 0) is 89.4 Å². The fourth-order valence-corrected chi connectivity index (χ4v) is 6.67. The Morgan fingerprint density at radius 3 is 2.37 bits per heavy atom. The van der Waals surface area contributed by atoms with Crippen LogP contribution in [0.4, 0.5) is 0 Å². The van der Waals surface area contributed by atoms with E-state index in [1.807, 2.05) is 0 Å². The molecule has 1 heterocycles. The lowest BCUT2D eigenvalue weighted by atomic mass is 9.97.